The highest BCUT2D eigenvalue weighted by atomic mass is 16.7. The number of rotatable bonds is 27. The first-order chi connectivity index (χ1) is 35.8. The molecule has 80 heavy (non-hydrogen) atoms. The van der Waals surface area contributed by atoms with E-state index in [4.69, 9.17) is 40.1 Å². The van der Waals surface area contributed by atoms with Gasteiger partial charge in [-0.1, -0.05) is 146 Å². The number of nitrogen functional groups attached to an aromatic ring is 1. The molecular formula is C59H94N4O17. The lowest BCUT2D eigenvalue weighted by molar-refractivity contribution is -0.202. The van der Waals surface area contributed by atoms with Crippen molar-refractivity contribution in [1.29, 1.82) is 0 Å². The number of carbonyl (C=O) groups excluding carboxylic acids is 9. The van der Waals surface area contributed by atoms with Crippen LogP contribution in [0, 0.1) is 35.5 Å². The number of ketones is 1. The number of carbonyl (C=O) groups is 10. The third-order valence-corrected chi connectivity index (χ3v) is 11.1. The van der Waals surface area contributed by atoms with Crippen LogP contribution in [-0.2, 0) is 86.6 Å². The number of nitrogens with zero attached hydrogens (tertiary/aromatic N) is 1. The Morgan fingerprint density at radius 3 is 1.21 bits per heavy atom. The monoisotopic (exact) mass is 1130 g/mol. The number of aliphatic carboxylic acids is 1. The average Bonchev–Trinajstić information content (AvgIpc) is 3.69. The molecule has 0 aromatic heterocycles. The zero-order chi connectivity index (χ0) is 58.1. The van der Waals surface area contributed by atoms with E-state index in [1.54, 1.807) is 83.1 Å². The van der Waals surface area contributed by atoms with Gasteiger partial charge in [0, 0.05) is 24.9 Å². The first kappa shape index (κ1) is 81.3. The summed E-state index contributed by atoms with van der Waals surface area (Å²) in [7, 11) is 0. The van der Waals surface area contributed by atoms with Gasteiger partial charge in [0.1, 0.15) is 25.9 Å². The predicted molar refractivity (Wildman–Crippen MR) is 307 cm³/mol. The number of ether oxygens (including phenoxy) is 3. The third-order valence-electron chi connectivity index (χ3n) is 11.1. The second kappa shape index (κ2) is 44.3. The number of hydrogen-bond donors (Lipinski definition) is 6. The molecule has 1 aliphatic rings. The molecule has 21 heteroatoms. The molecular weight excluding hydrogens is 1040 g/mol. The first-order valence-corrected chi connectivity index (χ1v) is 24.6. The van der Waals surface area contributed by atoms with E-state index in [1.807, 2.05) is 13.8 Å². The van der Waals surface area contributed by atoms with Crippen molar-refractivity contribution in [1.82, 2.24) is 15.7 Å². The Labute approximate surface area is 474 Å². The number of carboxylic acids is 1. The van der Waals surface area contributed by atoms with Gasteiger partial charge in [-0.05, 0) is 60.4 Å². The van der Waals surface area contributed by atoms with Crippen LogP contribution >= 0.6 is 0 Å². The molecule has 1 heterocycles. The van der Waals surface area contributed by atoms with Crippen LogP contribution < -0.4 is 16.4 Å². The Kier molecular flexibility index (Phi) is 45.1. The Morgan fingerprint density at radius 1 is 0.562 bits per heavy atom. The van der Waals surface area contributed by atoms with Crippen molar-refractivity contribution >= 4 is 64.9 Å². The average molecular weight is 1130 g/mol. The van der Waals surface area contributed by atoms with Gasteiger partial charge in [-0.3, -0.25) is 43.2 Å². The number of anilines is 1. The summed E-state index contributed by atoms with van der Waals surface area (Å²) in [6.45, 7) is 24.4. The van der Waals surface area contributed by atoms with Crippen LogP contribution in [0.15, 0.2) is 86.5 Å². The van der Waals surface area contributed by atoms with Crippen LogP contribution in [0.2, 0.25) is 0 Å². The van der Waals surface area contributed by atoms with E-state index < -0.39 is 77.4 Å². The molecule has 3 rings (SSSR count). The SMILES string of the molecule is C.C.C.C.C=CCOC(=O)C[C@H](C(=O)N[C@@H](C)C(=O)Cc1ccc(CO)cc1)C(C)C.C=CCOC(=O)C[C@H](C(=O)N[C@@H](C)C(=O)O)C(C)C.C=CCOC(=O)C[C@H](C(=O)ON1C(=O)CCC1=O)C(C)C.Nc1ccc(CO)cc1. The fraction of sp³-hybridized carbons (Fsp3) is 0.525. The zero-order valence-electron chi connectivity index (χ0n) is 45.0. The molecule has 1 aliphatic heterocycles. The minimum atomic E-state index is -1.12. The van der Waals surface area contributed by atoms with Crippen molar-refractivity contribution in [3.63, 3.8) is 0 Å². The van der Waals surface area contributed by atoms with E-state index in [-0.39, 0.29) is 131 Å². The van der Waals surface area contributed by atoms with Gasteiger partial charge in [-0.25, -0.2) is 4.79 Å². The van der Waals surface area contributed by atoms with Gasteiger partial charge < -0.3 is 50.7 Å². The molecule has 1 saturated heterocycles. The number of imide groups is 1. The van der Waals surface area contributed by atoms with Crippen LogP contribution in [0.5, 0.6) is 0 Å². The Balaban J connectivity index is -0.000000322. The van der Waals surface area contributed by atoms with Gasteiger partial charge in [0.05, 0.1) is 56.3 Å². The number of hydrogen-bond acceptors (Lipinski definition) is 17. The van der Waals surface area contributed by atoms with Gasteiger partial charge in [0.2, 0.25) is 11.8 Å². The van der Waals surface area contributed by atoms with E-state index in [0.717, 1.165) is 22.4 Å². The van der Waals surface area contributed by atoms with Crippen LogP contribution in [0.25, 0.3) is 0 Å². The highest BCUT2D eigenvalue weighted by Crippen LogP contribution is 2.22. The van der Waals surface area contributed by atoms with Gasteiger partial charge in [-0.2, -0.15) is 0 Å². The zero-order valence-corrected chi connectivity index (χ0v) is 45.0. The molecule has 0 aliphatic carbocycles. The quantitative estimate of drug-likeness (QED) is 0.0166. The molecule has 4 amide bonds. The van der Waals surface area contributed by atoms with Crippen molar-refractivity contribution in [2.45, 2.75) is 149 Å². The Bertz CT molecular complexity index is 2230. The fourth-order valence-electron chi connectivity index (χ4n) is 6.36. The highest BCUT2D eigenvalue weighted by Gasteiger charge is 2.37. The van der Waals surface area contributed by atoms with Gasteiger partial charge >= 0.3 is 29.8 Å². The third kappa shape index (κ3) is 33.0. The van der Waals surface area contributed by atoms with Crippen LogP contribution in [0.3, 0.4) is 0 Å². The van der Waals surface area contributed by atoms with Crippen LogP contribution in [0.4, 0.5) is 5.69 Å². The molecule has 2 aromatic carbocycles. The molecule has 0 saturated carbocycles. The number of esters is 3. The molecule has 452 valence electrons. The van der Waals surface area contributed by atoms with Crippen molar-refractivity contribution < 1.29 is 82.3 Å². The largest absolute Gasteiger partial charge is 0.480 e. The summed E-state index contributed by atoms with van der Waals surface area (Å²) in [6, 6.07) is 12.6. The Hall–Kier alpha value is -7.52. The molecule has 0 unspecified atom stereocenters. The predicted octanol–water partition coefficient (Wildman–Crippen LogP) is 7.44. The summed E-state index contributed by atoms with van der Waals surface area (Å²) in [5.41, 5.74) is 8.61. The number of nitrogens with one attached hydrogen (secondary N) is 2. The smallest absolute Gasteiger partial charge is 0.337 e. The van der Waals surface area contributed by atoms with Gasteiger partial charge in [-0.15, -0.1) is 5.06 Å². The number of aliphatic hydroxyl groups is 2. The standard InChI is InChI=1S/C21H29NO5.C14H19NO6.C13H21NO5.C7H9NO.4CH4/c1-5-10-27-20(25)12-18(14(2)3)21(26)22-15(4)19(24)11-16-6-8-17(13-23)9-7-16;1-4-7-20-13(18)8-10(9(2)3)14(19)21-15-11(16)5-6-12(15)17;1-5-6-19-11(15)7-10(8(2)3)12(16)14-9(4)13(17)18;8-7-3-1-6(5-9)2-4-7;;;;/h5-9,14-15,18,23H,1,10-13H2,2-4H3,(H,22,26);4,9-10H,1,5-8H2,2-3H3;5,8-10H,1,6-7H2,2-4H3,(H,14,16)(H,17,18);1-4,9H,5,8H2;4*1H4/t15-,18-;10-;9-,10-;;;;;/m000...../s1. The normalized spacial score (nSPS) is 12.8. The summed E-state index contributed by atoms with van der Waals surface area (Å²) >= 11 is 0. The van der Waals surface area contributed by atoms with E-state index in [1.165, 1.54) is 25.2 Å². The minimum Gasteiger partial charge on any atom is -0.480 e. The number of Topliss-reactive ketones (excluding diaryl/α,β-unsaturated/α-hetero) is 1. The first-order valence-electron chi connectivity index (χ1n) is 24.6. The van der Waals surface area contributed by atoms with Gasteiger partial charge in [0.25, 0.3) is 11.8 Å². The molecule has 0 spiro atoms. The van der Waals surface area contributed by atoms with Crippen molar-refractivity contribution in [3.05, 3.63) is 103 Å². The minimum absolute atomic E-state index is 0. The molecule has 0 radical (unpaired) electrons. The summed E-state index contributed by atoms with van der Waals surface area (Å²) in [5, 5.41) is 31.9. The second-order valence-corrected chi connectivity index (χ2v) is 18.4. The van der Waals surface area contributed by atoms with Gasteiger partial charge in [0.15, 0.2) is 5.78 Å². The Morgan fingerprint density at radius 2 is 0.887 bits per heavy atom. The summed E-state index contributed by atoms with van der Waals surface area (Å²) in [4.78, 5) is 122. The van der Waals surface area contributed by atoms with Crippen molar-refractivity contribution in [2.24, 2.45) is 35.5 Å². The number of benzene rings is 2. The van der Waals surface area contributed by atoms with Crippen molar-refractivity contribution in [2.75, 3.05) is 25.6 Å². The van der Waals surface area contributed by atoms with E-state index >= 15 is 0 Å². The van der Waals surface area contributed by atoms with E-state index in [0.29, 0.717) is 5.06 Å². The maximum absolute atomic E-state index is 12.5. The second-order valence-electron chi connectivity index (χ2n) is 18.4. The molecule has 5 atom stereocenters. The van der Waals surface area contributed by atoms with Crippen LogP contribution in [-0.4, -0.2) is 112 Å². The molecule has 21 nitrogen and oxygen atoms in total. The topological polar surface area (TPSA) is 322 Å². The summed E-state index contributed by atoms with van der Waals surface area (Å²) < 4.78 is 14.6. The lowest BCUT2D eigenvalue weighted by atomic mass is 9.91. The maximum atomic E-state index is 12.5. The number of hydroxylamine groups is 2. The number of amides is 4. The molecule has 7 N–H and O–H groups in total. The molecule has 2 aromatic rings. The number of aliphatic hydroxyl groups excluding tert-OH is 2. The molecule has 1 fully saturated rings. The molecule has 0 bridgehead atoms. The van der Waals surface area contributed by atoms with Crippen LogP contribution in [0.1, 0.15) is 134 Å². The fourth-order valence-corrected chi connectivity index (χ4v) is 6.36. The maximum Gasteiger partial charge on any atom is 0.337 e. The van der Waals surface area contributed by atoms with E-state index in [2.05, 4.69) is 30.4 Å². The lowest BCUT2D eigenvalue weighted by Crippen LogP contribution is -2.44. The summed E-state index contributed by atoms with van der Waals surface area (Å²) in [5.74, 6) is -7.82. The van der Waals surface area contributed by atoms with E-state index in [9.17, 15) is 47.9 Å². The lowest BCUT2D eigenvalue weighted by Gasteiger charge is -2.22. The highest BCUT2D eigenvalue weighted by molar-refractivity contribution is 6.01. The number of carboxylic acid groups (broad SMARTS) is 1. The number of nitrogens with two attached hydrogens (primary N) is 1. The van der Waals surface area contributed by atoms with Crippen molar-refractivity contribution in [3.8, 4) is 0 Å². The summed E-state index contributed by atoms with van der Waals surface area (Å²) in [6.07, 6.45) is 4.26.